The van der Waals surface area contributed by atoms with Crippen molar-refractivity contribution in [2.24, 2.45) is 0 Å². The zero-order chi connectivity index (χ0) is 20.9. The average molecular weight is 410 g/mol. The van der Waals surface area contributed by atoms with Crippen molar-refractivity contribution in [2.45, 2.75) is 25.1 Å². The lowest BCUT2D eigenvalue weighted by molar-refractivity contribution is -0.137. The highest BCUT2D eigenvalue weighted by molar-refractivity contribution is 6.10. The molecule has 3 nitrogen and oxygen atoms in total. The quantitative estimate of drug-likeness (QED) is 0.420. The van der Waals surface area contributed by atoms with Crippen molar-refractivity contribution < 1.29 is 18.3 Å². The molecule has 1 saturated heterocycles. The smallest absolute Gasteiger partial charge is 0.416 e. The third-order valence-corrected chi connectivity index (χ3v) is 6.03. The van der Waals surface area contributed by atoms with Gasteiger partial charge in [-0.2, -0.15) is 13.2 Å². The number of nitrogens with zero attached hydrogens (tertiary/aromatic N) is 1. The van der Waals surface area contributed by atoms with Gasteiger partial charge in [0.05, 0.1) is 17.1 Å². The predicted molar refractivity (Wildman–Crippen MR) is 112 cm³/mol. The highest BCUT2D eigenvalue weighted by atomic mass is 19.4. The van der Waals surface area contributed by atoms with Crippen LogP contribution in [-0.2, 0) is 6.18 Å². The molecule has 0 radical (unpaired) electrons. The molecule has 1 atom stereocenters. The van der Waals surface area contributed by atoms with Crippen molar-refractivity contribution in [2.75, 3.05) is 13.1 Å². The molecule has 1 aromatic heterocycles. The van der Waals surface area contributed by atoms with Crippen LogP contribution < -0.4 is 0 Å². The summed E-state index contributed by atoms with van der Waals surface area (Å²) in [7, 11) is 0. The van der Waals surface area contributed by atoms with E-state index in [9.17, 15) is 18.3 Å². The number of aromatic amines is 1. The number of fused-ring (bicyclic) bond motifs is 3. The molecule has 2 N–H and O–H groups in total. The number of aromatic hydroxyl groups is 1. The SMILES string of the molecule is Oc1c(C(c2ccc(C(F)(F)F)cc2)N2CCCC2)ccc2[nH]c3ccccc3c12. The first-order valence-corrected chi connectivity index (χ1v) is 10.1. The van der Waals surface area contributed by atoms with Gasteiger partial charge in [-0.15, -0.1) is 0 Å². The first kappa shape index (κ1) is 19.0. The fourth-order valence-electron chi connectivity index (χ4n) is 4.60. The number of para-hydroxylation sites is 1. The summed E-state index contributed by atoms with van der Waals surface area (Å²) >= 11 is 0. The third kappa shape index (κ3) is 3.12. The second-order valence-electron chi connectivity index (χ2n) is 7.86. The van der Waals surface area contributed by atoms with Gasteiger partial charge in [0.15, 0.2) is 0 Å². The minimum atomic E-state index is -4.37. The number of hydrogen-bond acceptors (Lipinski definition) is 2. The Bertz CT molecular complexity index is 1210. The van der Waals surface area contributed by atoms with Crippen molar-refractivity contribution in [1.29, 1.82) is 0 Å². The molecule has 6 heteroatoms. The van der Waals surface area contributed by atoms with Gasteiger partial charge in [0, 0.05) is 21.9 Å². The molecule has 154 valence electrons. The van der Waals surface area contributed by atoms with Gasteiger partial charge in [-0.3, -0.25) is 4.90 Å². The van der Waals surface area contributed by atoms with Crippen molar-refractivity contribution in [3.8, 4) is 5.75 Å². The Balaban J connectivity index is 1.67. The molecule has 0 bridgehead atoms. The molecule has 0 spiro atoms. The summed E-state index contributed by atoms with van der Waals surface area (Å²) in [6.45, 7) is 1.69. The molecule has 3 aromatic carbocycles. The maximum atomic E-state index is 13.0. The first-order chi connectivity index (χ1) is 14.4. The number of nitrogens with one attached hydrogen (secondary N) is 1. The number of phenols is 1. The summed E-state index contributed by atoms with van der Waals surface area (Å²) in [5, 5.41) is 13.0. The summed E-state index contributed by atoms with van der Waals surface area (Å²) in [6.07, 6.45) is -2.30. The molecule has 1 fully saturated rings. The Morgan fingerprint density at radius 3 is 2.27 bits per heavy atom. The lowest BCUT2D eigenvalue weighted by Crippen LogP contribution is -2.26. The summed E-state index contributed by atoms with van der Waals surface area (Å²) in [5.41, 5.74) is 2.58. The maximum absolute atomic E-state index is 13.0. The number of phenolic OH excluding ortho intramolecular Hbond substituents is 1. The monoisotopic (exact) mass is 410 g/mol. The van der Waals surface area contributed by atoms with E-state index in [-0.39, 0.29) is 11.8 Å². The van der Waals surface area contributed by atoms with Crippen LogP contribution in [0.15, 0.2) is 60.7 Å². The van der Waals surface area contributed by atoms with Crippen LogP contribution in [-0.4, -0.2) is 28.1 Å². The van der Waals surface area contributed by atoms with Crippen molar-refractivity contribution >= 4 is 21.8 Å². The van der Waals surface area contributed by atoms with E-state index in [1.807, 2.05) is 36.4 Å². The van der Waals surface area contributed by atoms with Crippen molar-refractivity contribution in [3.63, 3.8) is 0 Å². The summed E-state index contributed by atoms with van der Waals surface area (Å²) in [5.74, 6) is 0.182. The Morgan fingerprint density at radius 2 is 1.57 bits per heavy atom. The highest BCUT2D eigenvalue weighted by Gasteiger charge is 2.32. The lowest BCUT2D eigenvalue weighted by Gasteiger charge is -2.29. The van der Waals surface area contributed by atoms with Gasteiger partial charge in [0.2, 0.25) is 0 Å². The minimum absolute atomic E-state index is 0.182. The van der Waals surface area contributed by atoms with Crippen molar-refractivity contribution in [1.82, 2.24) is 9.88 Å². The number of halogens is 3. The van der Waals surface area contributed by atoms with Crippen LogP contribution in [0.3, 0.4) is 0 Å². The van der Waals surface area contributed by atoms with Crippen LogP contribution in [0.2, 0.25) is 0 Å². The fourth-order valence-corrected chi connectivity index (χ4v) is 4.60. The largest absolute Gasteiger partial charge is 0.507 e. The van der Waals surface area contributed by atoms with Gasteiger partial charge < -0.3 is 10.1 Å². The molecule has 0 saturated carbocycles. The van der Waals surface area contributed by atoms with E-state index in [4.69, 9.17) is 0 Å². The van der Waals surface area contributed by atoms with E-state index in [0.717, 1.165) is 65.4 Å². The molecular formula is C24H21F3N2O. The third-order valence-electron chi connectivity index (χ3n) is 6.03. The normalized spacial score (nSPS) is 16.5. The molecule has 1 aliphatic rings. The predicted octanol–water partition coefficient (Wildman–Crippen LogP) is 6.23. The van der Waals surface area contributed by atoms with Gasteiger partial charge in [0.25, 0.3) is 0 Å². The maximum Gasteiger partial charge on any atom is 0.416 e. The van der Waals surface area contributed by atoms with Gasteiger partial charge in [-0.25, -0.2) is 0 Å². The fraction of sp³-hybridized carbons (Fsp3) is 0.250. The zero-order valence-corrected chi connectivity index (χ0v) is 16.2. The lowest BCUT2D eigenvalue weighted by atomic mass is 9.94. The molecular weight excluding hydrogens is 389 g/mol. The molecule has 0 aliphatic carbocycles. The number of H-pyrrole nitrogens is 1. The summed E-state index contributed by atoms with van der Waals surface area (Å²) in [6, 6.07) is 16.6. The molecule has 2 heterocycles. The first-order valence-electron chi connectivity index (χ1n) is 10.1. The standard InChI is InChI=1S/C24H21F3N2O/c25-24(26,27)16-9-7-15(8-10-16)22(29-13-3-4-14-29)18-11-12-20-21(23(18)30)17-5-1-2-6-19(17)28-20/h1-2,5-12,22,28,30H,3-4,13-14H2. The van der Waals surface area contributed by atoms with E-state index in [1.54, 1.807) is 0 Å². The van der Waals surface area contributed by atoms with Gasteiger partial charge >= 0.3 is 6.18 Å². The van der Waals surface area contributed by atoms with Crippen LogP contribution in [0.25, 0.3) is 21.8 Å². The number of alkyl halides is 3. The Kier molecular flexibility index (Phi) is 4.47. The number of likely N-dealkylation sites (tertiary alicyclic amines) is 1. The van der Waals surface area contributed by atoms with E-state index < -0.39 is 11.7 Å². The van der Waals surface area contributed by atoms with E-state index in [2.05, 4.69) is 9.88 Å². The Hall–Kier alpha value is -2.99. The highest BCUT2D eigenvalue weighted by Crippen LogP contribution is 2.42. The number of hydrogen-bond donors (Lipinski definition) is 2. The molecule has 30 heavy (non-hydrogen) atoms. The van der Waals surface area contributed by atoms with Crippen LogP contribution >= 0.6 is 0 Å². The van der Waals surface area contributed by atoms with E-state index in [0.29, 0.717) is 5.56 Å². The average Bonchev–Trinajstić information content (AvgIpc) is 3.38. The number of aromatic nitrogens is 1. The molecule has 4 aromatic rings. The molecule has 1 unspecified atom stereocenters. The van der Waals surface area contributed by atoms with Crippen LogP contribution in [0.5, 0.6) is 5.75 Å². The molecule has 5 rings (SSSR count). The van der Waals surface area contributed by atoms with E-state index in [1.165, 1.54) is 12.1 Å². The van der Waals surface area contributed by atoms with E-state index >= 15 is 0 Å². The van der Waals surface area contributed by atoms with Crippen LogP contribution in [0.1, 0.15) is 35.6 Å². The molecule has 1 aliphatic heterocycles. The van der Waals surface area contributed by atoms with Crippen molar-refractivity contribution in [3.05, 3.63) is 77.4 Å². The Labute approximate surface area is 171 Å². The zero-order valence-electron chi connectivity index (χ0n) is 16.2. The second-order valence-corrected chi connectivity index (χ2v) is 7.86. The van der Waals surface area contributed by atoms with Crippen LogP contribution in [0.4, 0.5) is 13.2 Å². The van der Waals surface area contributed by atoms with Gasteiger partial charge in [0.1, 0.15) is 5.75 Å². The van der Waals surface area contributed by atoms with Crippen LogP contribution in [0, 0.1) is 0 Å². The minimum Gasteiger partial charge on any atom is -0.507 e. The summed E-state index contributed by atoms with van der Waals surface area (Å²) < 4.78 is 39.1. The number of benzene rings is 3. The van der Waals surface area contributed by atoms with Gasteiger partial charge in [-0.1, -0.05) is 36.4 Å². The summed E-state index contributed by atoms with van der Waals surface area (Å²) in [4.78, 5) is 5.55. The van der Waals surface area contributed by atoms with Gasteiger partial charge in [-0.05, 0) is 55.8 Å². The second kappa shape index (κ2) is 7.06. The number of rotatable bonds is 3. The molecule has 0 amide bonds. The Morgan fingerprint density at radius 1 is 0.867 bits per heavy atom. The topological polar surface area (TPSA) is 39.3 Å².